The second-order valence-corrected chi connectivity index (χ2v) is 6.81. The Kier molecular flexibility index (Phi) is 5.79. The number of pyridine rings is 1. The Hall–Kier alpha value is -3.45. The van der Waals surface area contributed by atoms with Crippen LogP contribution in [-0.4, -0.2) is 21.9 Å². The molecule has 29 heavy (non-hydrogen) atoms. The van der Waals surface area contributed by atoms with Crippen molar-refractivity contribution in [3.05, 3.63) is 87.7 Å². The van der Waals surface area contributed by atoms with Gasteiger partial charge in [-0.25, -0.2) is 9.18 Å². The number of benzene rings is 2. The smallest absolute Gasteiger partial charge is 0.349 e. The number of rotatable bonds is 2. The van der Waals surface area contributed by atoms with Gasteiger partial charge in [-0.3, -0.25) is 10.1 Å². The molecule has 8 heteroatoms. The largest absolute Gasteiger partial charge is 0.427 e. The predicted octanol–water partition coefficient (Wildman–Crippen LogP) is 4.25. The second-order valence-electron chi connectivity index (χ2n) is 6.41. The molecule has 0 aliphatic heterocycles. The monoisotopic (exact) mass is 413 g/mol. The highest BCUT2D eigenvalue weighted by Gasteiger charge is 2.18. The van der Waals surface area contributed by atoms with E-state index in [1.807, 2.05) is 36.5 Å². The zero-order valence-corrected chi connectivity index (χ0v) is 16.4. The third-order valence-electron chi connectivity index (χ3n) is 4.25. The molecule has 3 rings (SSSR count). The van der Waals surface area contributed by atoms with E-state index < -0.39 is 23.3 Å². The highest BCUT2D eigenvalue weighted by molar-refractivity contribution is 6.34. The number of hydrogen-bond acceptors (Lipinski definition) is 3. The molecule has 2 N–H and O–H groups in total. The number of nitrogens with zero attached hydrogens (tertiary/aromatic N) is 2. The summed E-state index contributed by atoms with van der Waals surface area (Å²) >= 11 is 5.81. The average molecular weight is 414 g/mol. The average Bonchev–Trinajstić information content (AvgIpc) is 2.65. The number of carbonyl (C=O) groups excluding carboxylic acids is 2. The van der Waals surface area contributed by atoms with E-state index in [1.54, 1.807) is 6.92 Å². The lowest BCUT2D eigenvalue weighted by Crippen LogP contribution is -2.32. The van der Waals surface area contributed by atoms with Gasteiger partial charge in [-0.05, 0) is 43.2 Å². The van der Waals surface area contributed by atoms with Crippen LogP contribution in [0.25, 0.3) is 11.1 Å². The van der Waals surface area contributed by atoms with E-state index in [9.17, 15) is 19.2 Å². The van der Waals surface area contributed by atoms with Gasteiger partial charge in [-0.2, -0.15) is 9.72 Å². The normalized spacial score (nSPS) is 11.4. The summed E-state index contributed by atoms with van der Waals surface area (Å²) in [7, 11) is 0. The fourth-order valence-electron chi connectivity index (χ4n) is 2.75. The Morgan fingerprint density at radius 1 is 1.14 bits per heavy atom. The lowest BCUT2D eigenvalue weighted by Gasteiger charge is -2.09. The van der Waals surface area contributed by atoms with Gasteiger partial charge in [0.05, 0.1) is 16.8 Å². The van der Waals surface area contributed by atoms with Crippen LogP contribution in [0.4, 0.5) is 9.18 Å². The lowest BCUT2D eigenvalue weighted by atomic mass is 10.0. The van der Waals surface area contributed by atoms with Crippen LogP contribution in [0, 0.1) is 19.7 Å². The summed E-state index contributed by atoms with van der Waals surface area (Å²) in [6.07, 6.45) is 1.42. The molecule has 1 heterocycles. The Bertz CT molecular complexity index is 1150. The summed E-state index contributed by atoms with van der Waals surface area (Å²) in [5.74, 6) is -1.89. The zero-order chi connectivity index (χ0) is 21.1. The van der Waals surface area contributed by atoms with E-state index in [4.69, 9.17) is 11.6 Å². The van der Waals surface area contributed by atoms with Gasteiger partial charge in [0.1, 0.15) is 5.82 Å². The van der Waals surface area contributed by atoms with Gasteiger partial charge in [0.2, 0.25) is 0 Å². The van der Waals surface area contributed by atoms with E-state index in [1.165, 1.54) is 24.4 Å². The SMILES string of the molecule is Cc1ccc(-c2cn(O)c(=NC(=O)NC(=O)c3c(F)cccc3Cl)cc2C)cc1. The van der Waals surface area contributed by atoms with Crippen molar-refractivity contribution in [2.45, 2.75) is 13.8 Å². The highest BCUT2D eigenvalue weighted by atomic mass is 35.5. The van der Waals surface area contributed by atoms with Crippen molar-refractivity contribution in [1.82, 2.24) is 10.0 Å². The van der Waals surface area contributed by atoms with Crippen molar-refractivity contribution < 1.29 is 19.2 Å². The number of urea groups is 1. The summed E-state index contributed by atoms with van der Waals surface area (Å²) < 4.78 is 14.5. The van der Waals surface area contributed by atoms with Crippen molar-refractivity contribution in [3.63, 3.8) is 0 Å². The number of halogens is 2. The molecule has 0 spiro atoms. The molecule has 0 saturated carbocycles. The van der Waals surface area contributed by atoms with Crippen LogP contribution in [0.1, 0.15) is 21.5 Å². The fraction of sp³-hybridized carbons (Fsp3) is 0.0952. The maximum Gasteiger partial charge on any atom is 0.349 e. The first-order valence-electron chi connectivity index (χ1n) is 8.60. The summed E-state index contributed by atoms with van der Waals surface area (Å²) in [4.78, 5) is 27.9. The van der Waals surface area contributed by atoms with Crippen molar-refractivity contribution in [3.8, 4) is 11.1 Å². The molecular formula is C21H17ClFN3O3. The van der Waals surface area contributed by atoms with Crippen LogP contribution in [0.5, 0.6) is 0 Å². The Morgan fingerprint density at radius 2 is 1.83 bits per heavy atom. The molecule has 2 aromatic carbocycles. The molecule has 0 bridgehead atoms. The van der Waals surface area contributed by atoms with Gasteiger partial charge in [0.25, 0.3) is 5.91 Å². The van der Waals surface area contributed by atoms with Crippen molar-refractivity contribution >= 4 is 23.5 Å². The molecule has 3 amide bonds. The molecular weight excluding hydrogens is 397 g/mol. The molecule has 0 unspecified atom stereocenters. The first-order valence-corrected chi connectivity index (χ1v) is 8.97. The van der Waals surface area contributed by atoms with Gasteiger partial charge >= 0.3 is 6.03 Å². The number of aromatic nitrogens is 1. The van der Waals surface area contributed by atoms with Crippen molar-refractivity contribution in [2.24, 2.45) is 4.99 Å². The van der Waals surface area contributed by atoms with Gasteiger partial charge in [-0.1, -0.05) is 47.5 Å². The van der Waals surface area contributed by atoms with Crippen LogP contribution < -0.4 is 10.8 Å². The molecule has 148 valence electrons. The number of amides is 3. The number of carbonyl (C=O) groups is 2. The summed E-state index contributed by atoms with van der Waals surface area (Å²) in [6.45, 7) is 3.77. The minimum atomic E-state index is -1.07. The number of aryl methyl sites for hydroxylation is 2. The Labute approximate surface area is 170 Å². The van der Waals surface area contributed by atoms with Crippen LogP contribution >= 0.6 is 11.6 Å². The van der Waals surface area contributed by atoms with E-state index in [-0.39, 0.29) is 10.5 Å². The maximum absolute atomic E-state index is 13.8. The lowest BCUT2D eigenvalue weighted by molar-refractivity contribution is 0.0961. The fourth-order valence-corrected chi connectivity index (χ4v) is 3.00. The second kappa shape index (κ2) is 8.28. The number of hydrogen-bond donors (Lipinski definition) is 2. The Morgan fingerprint density at radius 3 is 2.48 bits per heavy atom. The minimum Gasteiger partial charge on any atom is -0.427 e. The first kappa shape index (κ1) is 20.3. The quantitative estimate of drug-likeness (QED) is 0.616. The third kappa shape index (κ3) is 4.52. The van der Waals surface area contributed by atoms with E-state index in [2.05, 4.69) is 4.99 Å². The predicted molar refractivity (Wildman–Crippen MR) is 106 cm³/mol. The number of imide groups is 1. The molecule has 0 radical (unpaired) electrons. The molecule has 0 aliphatic carbocycles. The van der Waals surface area contributed by atoms with E-state index in [0.29, 0.717) is 4.73 Å². The summed E-state index contributed by atoms with van der Waals surface area (Å²) in [6, 6.07) is 11.9. The topological polar surface area (TPSA) is 83.7 Å². The third-order valence-corrected chi connectivity index (χ3v) is 4.56. The van der Waals surface area contributed by atoms with Gasteiger partial charge < -0.3 is 5.21 Å². The van der Waals surface area contributed by atoms with E-state index >= 15 is 0 Å². The van der Waals surface area contributed by atoms with Crippen molar-refractivity contribution in [2.75, 3.05) is 0 Å². The van der Waals surface area contributed by atoms with Gasteiger partial charge in [-0.15, -0.1) is 0 Å². The van der Waals surface area contributed by atoms with Gasteiger partial charge in [0, 0.05) is 5.56 Å². The molecule has 0 fully saturated rings. The molecule has 3 aromatic rings. The summed E-state index contributed by atoms with van der Waals surface area (Å²) in [5.41, 5.74) is 2.95. The van der Waals surface area contributed by atoms with Gasteiger partial charge in [0.15, 0.2) is 5.49 Å². The van der Waals surface area contributed by atoms with Crippen LogP contribution in [0.3, 0.4) is 0 Å². The molecule has 0 aliphatic rings. The first-order chi connectivity index (χ1) is 13.8. The zero-order valence-electron chi connectivity index (χ0n) is 15.6. The van der Waals surface area contributed by atoms with Crippen LogP contribution in [-0.2, 0) is 0 Å². The van der Waals surface area contributed by atoms with Crippen LogP contribution in [0.15, 0.2) is 59.7 Å². The summed E-state index contributed by atoms with van der Waals surface area (Å²) in [5, 5.41) is 12.0. The minimum absolute atomic E-state index is 0.0942. The molecule has 0 saturated heterocycles. The number of nitrogens with one attached hydrogen (secondary N) is 1. The molecule has 1 aromatic heterocycles. The van der Waals surface area contributed by atoms with Crippen molar-refractivity contribution in [1.29, 1.82) is 0 Å². The molecule has 6 nitrogen and oxygen atoms in total. The Balaban J connectivity index is 1.88. The maximum atomic E-state index is 13.8. The molecule has 0 atom stereocenters. The van der Waals surface area contributed by atoms with Crippen LogP contribution in [0.2, 0.25) is 5.02 Å². The highest BCUT2D eigenvalue weighted by Crippen LogP contribution is 2.22. The standard InChI is InChI=1S/C21H17ClFN3O3/c1-12-6-8-14(9-7-12)15-11-26(29)18(10-13(15)2)24-21(28)25-20(27)19-16(22)4-3-5-17(19)23/h3-11,29H,1-2H3,(H,25,27,28). The van der Waals surface area contributed by atoms with E-state index in [0.717, 1.165) is 28.3 Å².